The number of esters is 1. The number of carbonyl (C=O) groups is 1. The van der Waals surface area contributed by atoms with E-state index in [-0.39, 0.29) is 5.97 Å². The third-order valence-corrected chi connectivity index (χ3v) is 8.44. The van der Waals surface area contributed by atoms with Crippen molar-refractivity contribution >= 4 is 5.97 Å². The van der Waals surface area contributed by atoms with E-state index in [9.17, 15) is 4.79 Å². The van der Waals surface area contributed by atoms with Gasteiger partial charge in [-0.15, -0.1) is 0 Å². The summed E-state index contributed by atoms with van der Waals surface area (Å²) in [5.41, 5.74) is 2.15. The van der Waals surface area contributed by atoms with Gasteiger partial charge in [0.1, 0.15) is 0 Å². The minimum Gasteiger partial charge on any atom is -0.466 e. The summed E-state index contributed by atoms with van der Waals surface area (Å²) in [7, 11) is 0. The monoisotopic (exact) mass is 451 g/mol. The Kier molecular flexibility index (Phi) is 11.3. The highest BCUT2D eigenvalue weighted by Crippen LogP contribution is 2.43. The summed E-state index contributed by atoms with van der Waals surface area (Å²) in [5.74, 6) is 3.72. The number of unbranched alkanes of at least 4 members (excludes halogenated alkanes) is 4. The molecule has 2 fully saturated rings. The van der Waals surface area contributed by atoms with Crippen molar-refractivity contribution in [2.24, 2.45) is 23.7 Å². The fraction of sp³-hybridized carbons (Fsp3) is 0.733. The minimum atomic E-state index is -0.154. The molecule has 2 aliphatic carbocycles. The molecule has 0 saturated heterocycles. The first-order valence-corrected chi connectivity index (χ1v) is 13.8. The Labute approximate surface area is 202 Å². The molecular weight excluding hydrogens is 406 g/mol. The van der Waals surface area contributed by atoms with Gasteiger partial charge in [-0.2, -0.15) is 5.26 Å². The van der Waals surface area contributed by atoms with Crippen LogP contribution in [0, 0.1) is 35.0 Å². The Morgan fingerprint density at radius 1 is 0.818 bits per heavy atom. The topological polar surface area (TPSA) is 50.1 Å². The van der Waals surface area contributed by atoms with Crippen LogP contribution in [0.1, 0.15) is 114 Å². The lowest BCUT2D eigenvalue weighted by atomic mass is 9.68. The number of benzene rings is 1. The van der Waals surface area contributed by atoms with E-state index < -0.39 is 0 Å². The second kappa shape index (κ2) is 14.4. The number of rotatable bonds is 12. The van der Waals surface area contributed by atoms with Crippen molar-refractivity contribution in [1.29, 1.82) is 5.26 Å². The molecule has 0 heterocycles. The number of nitrogens with zero attached hydrogens (tertiary/aromatic N) is 1. The molecular formula is C30H45NO2. The Balaban J connectivity index is 1.21. The van der Waals surface area contributed by atoms with Crippen LogP contribution >= 0.6 is 0 Å². The largest absolute Gasteiger partial charge is 0.466 e. The Morgan fingerprint density at radius 2 is 1.36 bits per heavy atom. The molecule has 0 bridgehead atoms. The van der Waals surface area contributed by atoms with Crippen molar-refractivity contribution in [3.63, 3.8) is 0 Å². The summed E-state index contributed by atoms with van der Waals surface area (Å²) in [6, 6.07) is 10.4. The standard InChI is InChI=1S/C30H45NO2/c1-24(32)33-22-6-4-2-3-5-7-25-14-18-29(19-15-25)30-20-16-27(17-21-30)9-8-26-10-12-28(23-31)13-11-26/h10-13,25,27,29-30H,2-9,14-22H2,1H3. The van der Waals surface area contributed by atoms with Crippen LogP contribution in [0.3, 0.4) is 0 Å². The Morgan fingerprint density at radius 3 is 1.94 bits per heavy atom. The zero-order valence-electron chi connectivity index (χ0n) is 20.9. The lowest BCUT2D eigenvalue weighted by Gasteiger charge is -2.38. The summed E-state index contributed by atoms with van der Waals surface area (Å²) in [6.07, 6.45) is 21.8. The van der Waals surface area contributed by atoms with Crippen LogP contribution in [0.25, 0.3) is 0 Å². The molecule has 3 nitrogen and oxygen atoms in total. The first-order valence-electron chi connectivity index (χ1n) is 13.8. The van der Waals surface area contributed by atoms with Crippen molar-refractivity contribution in [2.45, 2.75) is 110 Å². The van der Waals surface area contributed by atoms with E-state index in [0.717, 1.165) is 35.7 Å². The number of aryl methyl sites for hydroxylation is 1. The molecule has 1 aromatic rings. The molecule has 0 N–H and O–H groups in total. The number of ether oxygens (including phenoxy) is 1. The molecule has 0 atom stereocenters. The second-order valence-corrected chi connectivity index (χ2v) is 10.8. The van der Waals surface area contributed by atoms with Crippen molar-refractivity contribution in [3.05, 3.63) is 35.4 Å². The summed E-state index contributed by atoms with van der Waals surface area (Å²) in [5, 5.41) is 8.94. The average molecular weight is 452 g/mol. The van der Waals surface area contributed by atoms with Gasteiger partial charge in [0.2, 0.25) is 0 Å². The van der Waals surface area contributed by atoms with Crippen LogP contribution < -0.4 is 0 Å². The van der Waals surface area contributed by atoms with Gasteiger partial charge >= 0.3 is 5.97 Å². The third kappa shape index (κ3) is 9.52. The summed E-state index contributed by atoms with van der Waals surface area (Å²) in [6.45, 7) is 2.08. The number of hydrogen-bond donors (Lipinski definition) is 0. The van der Waals surface area contributed by atoms with Gasteiger partial charge in [0, 0.05) is 6.92 Å². The SMILES string of the molecule is CC(=O)OCCCCCCCC1CCC(C2CCC(CCc3ccc(C#N)cc3)CC2)CC1. The molecule has 0 aromatic heterocycles. The highest BCUT2D eigenvalue weighted by Gasteiger charge is 2.30. The van der Waals surface area contributed by atoms with E-state index in [0.29, 0.717) is 6.61 Å². The van der Waals surface area contributed by atoms with Gasteiger partial charge in [0.15, 0.2) is 0 Å². The molecule has 3 rings (SSSR count). The van der Waals surface area contributed by atoms with Gasteiger partial charge in [-0.3, -0.25) is 4.79 Å². The van der Waals surface area contributed by atoms with Gasteiger partial charge in [-0.25, -0.2) is 0 Å². The van der Waals surface area contributed by atoms with Crippen molar-refractivity contribution in [1.82, 2.24) is 0 Å². The van der Waals surface area contributed by atoms with Crippen molar-refractivity contribution < 1.29 is 9.53 Å². The molecule has 0 unspecified atom stereocenters. The fourth-order valence-corrected chi connectivity index (χ4v) is 6.29. The average Bonchev–Trinajstić information content (AvgIpc) is 2.85. The molecule has 0 amide bonds. The normalized spacial score (nSPS) is 25.3. The zero-order valence-corrected chi connectivity index (χ0v) is 20.9. The molecule has 0 aliphatic heterocycles. The predicted molar refractivity (Wildman–Crippen MR) is 135 cm³/mol. The molecule has 0 spiro atoms. The van der Waals surface area contributed by atoms with Crippen LogP contribution in [0.15, 0.2) is 24.3 Å². The van der Waals surface area contributed by atoms with Gasteiger partial charge in [-0.1, -0.05) is 69.9 Å². The maximum absolute atomic E-state index is 10.8. The molecule has 33 heavy (non-hydrogen) atoms. The summed E-state index contributed by atoms with van der Waals surface area (Å²) >= 11 is 0. The third-order valence-electron chi connectivity index (χ3n) is 8.44. The molecule has 0 radical (unpaired) electrons. The van der Waals surface area contributed by atoms with Crippen LogP contribution in [0.4, 0.5) is 0 Å². The summed E-state index contributed by atoms with van der Waals surface area (Å²) in [4.78, 5) is 10.8. The lowest BCUT2D eigenvalue weighted by Crippen LogP contribution is -2.26. The Bertz CT molecular complexity index is 719. The molecule has 2 saturated carbocycles. The first kappa shape index (κ1) is 25.8. The molecule has 1 aromatic carbocycles. The fourth-order valence-electron chi connectivity index (χ4n) is 6.29. The Hall–Kier alpha value is -1.82. The smallest absolute Gasteiger partial charge is 0.302 e. The van der Waals surface area contributed by atoms with E-state index >= 15 is 0 Å². The van der Waals surface area contributed by atoms with E-state index in [1.54, 1.807) is 0 Å². The van der Waals surface area contributed by atoms with Crippen LogP contribution in [-0.4, -0.2) is 12.6 Å². The van der Waals surface area contributed by atoms with Gasteiger partial charge in [0.05, 0.1) is 18.2 Å². The van der Waals surface area contributed by atoms with E-state index in [4.69, 9.17) is 10.00 Å². The molecule has 2 aliphatic rings. The predicted octanol–water partition coefficient (Wildman–Crippen LogP) is 8.01. The van der Waals surface area contributed by atoms with Crippen molar-refractivity contribution in [3.8, 4) is 6.07 Å². The molecule has 3 heteroatoms. The lowest BCUT2D eigenvalue weighted by molar-refractivity contribution is -0.141. The summed E-state index contributed by atoms with van der Waals surface area (Å²) < 4.78 is 5.00. The maximum Gasteiger partial charge on any atom is 0.302 e. The van der Waals surface area contributed by atoms with E-state index in [1.165, 1.54) is 109 Å². The van der Waals surface area contributed by atoms with Gasteiger partial charge < -0.3 is 4.74 Å². The van der Waals surface area contributed by atoms with E-state index in [2.05, 4.69) is 18.2 Å². The van der Waals surface area contributed by atoms with Crippen molar-refractivity contribution in [2.75, 3.05) is 6.61 Å². The second-order valence-electron chi connectivity index (χ2n) is 10.8. The van der Waals surface area contributed by atoms with E-state index in [1.807, 2.05) is 12.1 Å². The highest BCUT2D eigenvalue weighted by molar-refractivity contribution is 5.65. The van der Waals surface area contributed by atoms with Gasteiger partial charge in [-0.05, 0) is 86.3 Å². The number of hydrogen-bond acceptors (Lipinski definition) is 3. The van der Waals surface area contributed by atoms with Gasteiger partial charge in [0.25, 0.3) is 0 Å². The first-order chi connectivity index (χ1) is 16.1. The number of nitriles is 1. The van der Waals surface area contributed by atoms with Crippen LogP contribution in [0.5, 0.6) is 0 Å². The minimum absolute atomic E-state index is 0.154. The van der Waals surface area contributed by atoms with Crippen LogP contribution in [0.2, 0.25) is 0 Å². The maximum atomic E-state index is 10.8. The van der Waals surface area contributed by atoms with Crippen LogP contribution in [-0.2, 0) is 16.0 Å². The quantitative estimate of drug-likeness (QED) is 0.239. The number of carbonyl (C=O) groups excluding carboxylic acids is 1. The molecule has 182 valence electrons. The zero-order chi connectivity index (χ0) is 23.3. The highest BCUT2D eigenvalue weighted by atomic mass is 16.5.